The van der Waals surface area contributed by atoms with Crippen molar-refractivity contribution in [2.45, 2.75) is 6.42 Å². The van der Waals surface area contributed by atoms with Crippen molar-refractivity contribution in [1.29, 1.82) is 0 Å². The SMILES string of the molecule is COC(=O)c1ccc(Cc2cn3ccccc3n2)cc1. The number of imidazole rings is 1. The average Bonchev–Trinajstić information content (AvgIpc) is 2.89. The Morgan fingerprint density at radius 3 is 2.70 bits per heavy atom. The molecule has 2 heterocycles. The third-order valence-electron chi connectivity index (χ3n) is 3.17. The number of hydrogen-bond acceptors (Lipinski definition) is 3. The van der Waals surface area contributed by atoms with Gasteiger partial charge in [0, 0.05) is 18.8 Å². The van der Waals surface area contributed by atoms with E-state index >= 15 is 0 Å². The Kier molecular flexibility index (Phi) is 3.21. The number of rotatable bonds is 3. The van der Waals surface area contributed by atoms with Crippen LogP contribution in [0, 0.1) is 0 Å². The summed E-state index contributed by atoms with van der Waals surface area (Å²) in [6.07, 6.45) is 4.73. The third kappa shape index (κ3) is 2.40. The van der Waals surface area contributed by atoms with E-state index in [1.54, 1.807) is 12.1 Å². The number of hydrogen-bond donors (Lipinski definition) is 0. The molecule has 0 saturated carbocycles. The number of pyridine rings is 1. The first-order valence-corrected chi connectivity index (χ1v) is 6.36. The Labute approximate surface area is 116 Å². The highest BCUT2D eigenvalue weighted by atomic mass is 16.5. The van der Waals surface area contributed by atoms with E-state index in [-0.39, 0.29) is 5.97 Å². The molecule has 0 N–H and O–H groups in total. The van der Waals surface area contributed by atoms with Crippen LogP contribution in [-0.2, 0) is 11.2 Å². The fraction of sp³-hybridized carbons (Fsp3) is 0.125. The predicted octanol–water partition coefficient (Wildman–Crippen LogP) is 2.71. The molecule has 0 radical (unpaired) electrons. The van der Waals surface area contributed by atoms with E-state index in [9.17, 15) is 4.79 Å². The molecule has 3 rings (SSSR count). The van der Waals surface area contributed by atoms with Gasteiger partial charge in [-0.1, -0.05) is 18.2 Å². The van der Waals surface area contributed by atoms with E-state index in [1.807, 2.05) is 47.1 Å². The fourth-order valence-electron chi connectivity index (χ4n) is 2.16. The zero-order valence-electron chi connectivity index (χ0n) is 11.1. The molecule has 0 aliphatic rings. The van der Waals surface area contributed by atoms with E-state index < -0.39 is 0 Å². The van der Waals surface area contributed by atoms with Crippen molar-refractivity contribution >= 4 is 11.6 Å². The Morgan fingerprint density at radius 1 is 1.20 bits per heavy atom. The number of esters is 1. The summed E-state index contributed by atoms with van der Waals surface area (Å²) >= 11 is 0. The second-order valence-electron chi connectivity index (χ2n) is 4.56. The van der Waals surface area contributed by atoms with Crippen molar-refractivity contribution in [2.24, 2.45) is 0 Å². The van der Waals surface area contributed by atoms with Crippen LogP contribution in [0.4, 0.5) is 0 Å². The summed E-state index contributed by atoms with van der Waals surface area (Å²) in [5.74, 6) is -0.315. The van der Waals surface area contributed by atoms with E-state index in [4.69, 9.17) is 0 Å². The molecule has 2 aromatic heterocycles. The van der Waals surface area contributed by atoms with Gasteiger partial charge in [0.2, 0.25) is 0 Å². The molecular weight excluding hydrogens is 252 g/mol. The summed E-state index contributed by atoms with van der Waals surface area (Å²) in [5, 5.41) is 0. The van der Waals surface area contributed by atoms with Crippen LogP contribution < -0.4 is 0 Å². The summed E-state index contributed by atoms with van der Waals surface area (Å²) in [5.41, 5.74) is 3.61. The zero-order valence-corrected chi connectivity index (χ0v) is 11.1. The minimum absolute atomic E-state index is 0.315. The Balaban J connectivity index is 1.82. The fourth-order valence-corrected chi connectivity index (χ4v) is 2.16. The molecule has 0 aliphatic carbocycles. The molecule has 1 aromatic carbocycles. The van der Waals surface area contributed by atoms with Crippen LogP contribution in [0.25, 0.3) is 5.65 Å². The highest BCUT2D eigenvalue weighted by Gasteiger charge is 2.06. The van der Waals surface area contributed by atoms with Gasteiger partial charge in [-0.2, -0.15) is 0 Å². The average molecular weight is 266 g/mol. The van der Waals surface area contributed by atoms with Gasteiger partial charge in [-0.3, -0.25) is 0 Å². The van der Waals surface area contributed by atoms with E-state index in [0.29, 0.717) is 5.56 Å². The van der Waals surface area contributed by atoms with Crippen LogP contribution in [0.1, 0.15) is 21.6 Å². The Bertz CT molecular complexity index is 712. The van der Waals surface area contributed by atoms with Gasteiger partial charge in [0.05, 0.1) is 18.4 Å². The molecule has 3 aromatic rings. The van der Waals surface area contributed by atoms with Crippen LogP contribution in [0.2, 0.25) is 0 Å². The highest BCUT2D eigenvalue weighted by Crippen LogP contribution is 2.12. The molecule has 100 valence electrons. The number of carbonyl (C=O) groups excluding carboxylic acids is 1. The van der Waals surface area contributed by atoms with Gasteiger partial charge in [-0.05, 0) is 29.8 Å². The quantitative estimate of drug-likeness (QED) is 0.685. The Hall–Kier alpha value is -2.62. The van der Waals surface area contributed by atoms with E-state index in [2.05, 4.69) is 9.72 Å². The molecule has 4 nitrogen and oxygen atoms in total. The van der Waals surface area contributed by atoms with Crippen LogP contribution in [0.5, 0.6) is 0 Å². The summed E-state index contributed by atoms with van der Waals surface area (Å²) in [4.78, 5) is 15.9. The maximum Gasteiger partial charge on any atom is 0.337 e. The molecule has 0 aliphatic heterocycles. The minimum atomic E-state index is -0.315. The zero-order chi connectivity index (χ0) is 13.9. The van der Waals surface area contributed by atoms with Gasteiger partial charge in [0.25, 0.3) is 0 Å². The van der Waals surface area contributed by atoms with Crippen molar-refractivity contribution in [3.63, 3.8) is 0 Å². The third-order valence-corrected chi connectivity index (χ3v) is 3.17. The summed E-state index contributed by atoms with van der Waals surface area (Å²) < 4.78 is 6.68. The number of benzene rings is 1. The molecule has 0 saturated heterocycles. The van der Waals surface area contributed by atoms with Gasteiger partial charge in [-0.25, -0.2) is 9.78 Å². The predicted molar refractivity (Wildman–Crippen MR) is 75.8 cm³/mol. The van der Waals surface area contributed by atoms with E-state index in [1.165, 1.54) is 7.11 Å². The van der Waals surface area contributed by atoms with Crippen molar-refractivity contribution < 1.29 is 9.53 Å². The first-order chi connectivity index (χ1) is 9.76. The van der Waals surface area contributed by atoms with E-state index in [0.717, 1.165) is 23.3 Å². The maximum absolute atomic E-state index is 11.4. The molecule has 0 unspecified atom stereocenters. The van der Waals surface area contributed by atoms with Crippen molar-refractivity contribution in [3.8, 4) is 0 Å². The number of methoxy groups -OCH3 is 1. The molecule has 0 spiro atoms. The molecule has 0 fully saturated rings. The molecule has 0 atom stereocenters. The van der Waals surface area contributed by atoms with Crippen molar-refractivity contribution in [1.82, 2.24) is 9.38 Å². The lowest BCUT2D eigenvalue weighted by Crippen LogP contribution is -2.01. The molecular formula is C16H14N2O2. The first-order valence-electron chi connectivity index (χ1n) is 6.36. The first kappa shape index (κ1) is 12.4. The van der Waals surface area contributed by atoms with Crippen LogP contribution in [-0.4, -0.2) is 22.5 Å². The summed E-state index contributed by atoms with van der Waals surface area (Å²) in [7, 11) is 1.38. The molecule has 20 heavy (non-hydrogen) atoms. The van der Waals surface area contributed by atoms with Gasteiger partial charge < -0.3 is 9.14 Å². The Morgan fingerprint density at radius 2 is 2.00 bits per heavy atom. The second-order valence-corrected chi connectivity index (χ2v) is 4.56. The molecule has 0 bridgehead atoms. The number of aromatic nitrogens is 2. The maximum atomic E-state index is 11.4. The summed E-state index contributed by atoms with van der Waals surface area (Å²) in [6, 6.07) is 13.3. The lowest BCUT2D eigenvalue weighted by molar-refractivity contribution is 0.0600. The van der Waals surface area contributed by atoms with Crippen LogP contribution in [0.15, 0.2) is 54.9 Å². The smallest absolute Gasteiger partial charge is 0.337 e. The van der Waals surface area contributed by atoms with Gasteiger partial charge in [0.15, 0.2) is 0 Å². The number of nitrogens with zero attached hydrogens (tertiary/aromatic N) is 2. The van der Waals surface area contributed by atoms with Crippen LogP contribution >= 0.6 is 0 Å². The normalized spacial score (nSPS) is 10.7. The standard InChI is InChI=1S/C16H14N2O2/c1-20-16(19)13-7-5-12(6-8-13)10-14-11-18-9-3-2-4-15(18)17-14/h2-9,11H,10H2,1H3. The second kappa shape index (κ2) is 5.17. The van der Waals surface area contributed by atoms with Crippen molar-refractivity contribution in [2.75, 3.05) is 7.11 Å². The number of fused-ring (bicyclic) bond motifs is 1. The highest BCUT2D eigenvalue weighted by molar-refractivity contribution is 5.89. The lowest BCUT2D eigenvalue weighted by atomic mass is 10.1. The monoisotopic (exact) mass is 266 g/mol. The number of ether oxygens (including phenoxy) is 1. The molecule has 0 amide bonds. The largest absolute Gasteiger partial charge is 0.465 e. The van der Waals surface area contributed by atoms with Crippen molar-refractivity contribution in [3.05, 3.63) is 71.7 Å². The summed E-state index contributed by atoms with van der Waals surface area (Å²) in [6.45, 7) is 0. The van der Waals surface area contributed by atoms with Crippen LogP contribution in [0.3, 0.4) is 0 Å². The lowest BCUT2D eigenvalue weighted by Gasteiger charge is -2.01. The number of carbonyl (C=O) groups is 1. The molecule has 4 heteroatoms. The van der Waals surface area contributed by atoms with Gasteiger partial charge in [0.1, 0.15) is 5.65 Å². The van der Waals surface area contributed by atoms with Gasteiger partial charge >= 0.3 is 5.97 Å². The van der Waals surface area contributed by atoms with Gasteiger partial charge in [-0.15, -0.1) is 0 Å². The minimum Gasteiger partial charge on any atom is -0.465 e. The topological polar surface area (TPSA) is 43.6 Å².